The molecule has 1 aliphatic rings. The molecule has 0 aromatic heterocycles. The number of carbonyl (C=O) groups is 1. The number of ether oxygens (including phenoxy) is 1. The highest BCUT2D eigenvalue weighted by molar-refractivity contribution is 7.89. The first kappa shape index (κ1) is 17.9. The molecule has 1 aromatic carbocycles. The van der Waals surface area contributed by atoms with Gasteiger partial charge in [-0.05, 0) is 31.9 Å². The van der Waals surface area contributed by atoms with E-state index in [1.807, 2.05) is 30.3 Å². The number of anilines is 1. The number of piperidine rings is 1. The third-order valence-electron chi connectivity index (χ3n) is 4.20. The minimum atomic E-state index is -3.55. The van der Waals surface area contributed by atoms with Gasteiger partial charge in [0.1, 0.15) is 6.04 Å². The molecule has 7 heteroatoms. The lowest BCUT2D eigenvalue weighted by molar-refractivity contribution is -0.123. The lowest BCUT2D eigenvalue weighted by Crippen LogP contribution is -2.53. The summed E-state index contributed by atoms with van der Waals surface area (Å²) < 4.78 is 31.2. The Hall–Kier alpha value is -1.44. The van der Waals surface area contributed by atoms with E-state index in [0.29, 0.717) is 13.0 Å². The minimum Gasteiger partial charge on any atom is -0.381 e. The number of nitrogens with zero attached hydrogens (tertiary/aromatic N) is 2. The second kappa shape index (κ2) is 7.42. The monoisotopic (exact) mass is 340 g/mol. The molecule has 0 bridgehead atoms. The lowest BCUT2D eigenvalue weighted by Gasteiger charge is -2.36. The molecule has 0 spiro atoms. The summed E-state index contributed by atoms with van der Waals surface area (Å²) in [6.45, 7) is 2.31. The van der Waals surface area contributed by atoms with Crippen molar-refractivity contribution in [1.29, 1.82) is 0 Å². The van der Waals surface area contributed by atoms with E-state index in [1.165, 1.54) is 18.5 Å². The number of likely N-dealkylation sites (N-methyl/N-ethyl adjacent to an activating group) is 1. The molecule has 0 aliphatic carbocycles. The van der Waals surface area contributed by atoms with Gasteiger partial charge >= 0.3 is 0 Å². The first-order valence-electron chi connectivity index (χ1n) is 7.71. The molecule has 0 N–H and O–H groups in total. The molecule has 0 unspecified atom stereocenters. The molecule has 0 radical (unpaired) electrons. The predicted octanol–water partition coefficient (Wildman–Crippen LogP) is 1.48. The maximum atomic E-state index is 12.8. The summed E-state index contributed by atoms with van der Waals surface area (Å²) in [6.07, 6.45) is 0.899. The SMILES string of the molecule is CO[C@H](C)CS(=O)(=O)N(C)[C@@H]1CCCN(c2ccccc2)C1=O. The molecule has 1 saturated heterocycles. The third-order valence-corrected chi connectivity index (χ3v) is 6.23. The molecule has 2 rings (SSSR count). The Morgan fingerprint density at radius 1 is 1.35 bits per heavy atom. The van der Waals surface area contributed by atoms with Gasteiger partial charge in [0.05, 0.1) is 11.9 Å². The molecule has 23 heavy (non-hydrogen) atoms. The number of sulfonamides is 1. The van der Waals surface area contributed by atoms with Crippen molar-refractivity contribution < 1.29 is 17.9 Å². The van der Waals surface area contributed by atoms with E-state index in [-0.39, 0.29) is 11.7 Å². The molecule has 0 saturated carbocycles. The van der Waals surface area contributed by atoms with Crippen LogP contribution in [-0.4, -0.2) is 57.2 Å². The Bertz CT molecular complexity index is 633. The number of methoxy groups -OCH3 is 1. The number of amides is 1. The van der Waals surface area contributed by atoms with Crippen LogP contribution in [0.1, 0.15) is 19.8 Å². The van der Waals surface area contributed by atoms with Gasteiger partial charge in [-0.3, -0.25) is 4.79 Å². The zero-order valence-corrected chi connectivity index (χ0v) is 14.6. The smallest absolute Gasteiger partial charge is 0.245 e. The van der Waals surface area contributed by atoms with Gasteiger partial charge in [0, 0.05) is 26.4 Å². The van der Waals surface area contributed by atoms with Crippen LogP contribution in [0.25, 0.3) is 0 Å². The molecule has 6 nitrogen and oxygen atoms in total. The number of rotatable bonds is 6. The summed E-state index contributed by atoms with van der Waals surface area (Å²) in [5.74, 6) is -0.298. The molecular formula is C16H24N2O4S. The Balaban J connectivity index is 2.17. The van der Waals surface area contributed by atoms with Crippen molar-refractivity contribution >= 4 is 21.6 Å². The highest BCUT2D eigenvalue weighted by Crippen LogP contribution is 2.24. The zero-order chi connectivity index (χ0) is 17.0. The molecule has 1 aliphatic heterocycles. The van der Waals surface area contributed by atoms with E-state index in [2.05, 4.69) is 0 Å². The van der Waals surface area contributed by atoms with Gasteiger partial charge in [0.25, 0.3) is 0 Å². The number of hydrogen-bond acceptors (Lipinski definition) is 4. The first-order valence-corrected chi connectivity index (χ1v) is 9.32. The van der Waals surface area contributed by atoms with Crippen LogP contribution in [0.5, 0.6) is 0 Å². The number of para-hydroxylation sites is 1. The molecule has 1 amide bonds. The van der Waals surface area contributed by atoms with Gasteiger partial charge in [-0.15, -0.1) is 0 Å². The van der Waals surface area contributed by atoms with Crippen molar-refractivity contribution in [2.75, 3.05) is 31.4 Å². The van der Waals surface area contributed by atoms with E-state index >= 15 is 0 Å². The van der Waals surface area contributed by atoms with Crippen LogP contribution in [-0.2, 0) is 19.6 Å². The molecule has 1 aromatic rings. The van der Waals surface area contributed by atoms with Crippen molar-refractivity contribution in [2.24, 2.45) is 0 Å². The summed E-state index contributed by atoms with van der Waals surface area (Å²) in [5, 5.41) is 0. The molecule has 1 heterocycles. The molecule has 2 atom stereocenters. The lowest BCUT2D eigenvalue weighted by atomic mass is 10.0. The van der Waals surface area contributed by atoms with Gasteiger partial charge in [-0.1, -0.05) is 18.2 Å². The summed E-state index contributed by atoms with van der Waals surface area (Å²) in [4.78, 5) is 14.4. The number of benzene rings is 1. The summed E-state index contributed by atoms with van der Waals surface area (Å²) >= 11 is 0. The Kier molecular flexibility index (Phi) is 5.78. The fourth-order valence-corrected chi connectivity index (χ4v) is 4.28. The van der Waals surface area contributed by atoms with E-state index in [9.17, 15) is 13.2 Å². The second-order valence-electron chi connectivity index (χ2n) is 5.82. The summed E-state index contributed by atoms with van der Waals surface area (Å²) in [6, 6.07) is 8.69. The Labute approximate surface area is 138 Å². The summed E-state index contributed by atoms with van der Waals surface area (Å²) in [5.41, 5.74) is 0.804. The highest BCUT2D eigenvalue weighted by Gasteiger charge is 2.37. The van der Waals surface area contributed by atoms with Gasteiger partial charge in [0.15, 0.2) is 0 Å². The van der Waals surface area contributed by atoms with E-state index < -0.39 is 22.2 Å². The van der Waals surface area contributed by atoms with Gasteiger partial charge in [-0.25, -0.2) is 8.42 Å². The average Bonchev–Trinajstić information content (AvgIpc) is 2.54. The maximum Gasteiger partial charge on any atom is 0.245 e. The van der Waals surface area contributed by atoms with Crippen molar-refractivity contribution in [2.45, 2.75) is 31.9 Å². The van der Waals surface area contributed by atoms with E-state index in [1.54, 1.807) is 11.8 Å². The van der Waals surface area contributed by atoms with Crippen LogP contribution in [0.2, 0.25) is 0 Å². The predicted molar refractivity (Wildman–Crippen MR) is 89.8 cm³/mol. The molecular weight excluding hydrogens is 316 g/mol. The molecule has 1 fully saturated rings. The van der Waals surface area contributed by atoms with E-state index in [0.717, 1.165) is 12.1 Å². The van der Waals surface area contributed by atoms with E-state index in [4.69, 9.17) is 4.74 Å². The van der Waals surface area contributed by atoms with Crippen LogP contribution in [0.15, 0.2) is 30.3 Å². The fourth-order valence-electron chi connectivity index (χ4n) is 2.73. The quantitative estimate of drug-likeness (QED) is 0.787. The van der Waals surface area contributed by atoms with Crippen molar-refractivity contribution in [3.8, 4) is 0 Å². The zero-order valence-electron chi connectivity index (χ0n) is 13.8. The average molecular weight is 340 g/mol. The van der Waals surface area contributed by atoms with Crippen molar-refractivity contribution in [1.82, 2.24) is 4.31 Å². The van der Waals surface area contributed by atoms with Gasteiger partial charge in [0.2, 0.25) is 15.9 Å². The van der Waals surface area contributed by atoms with Crippen molar-refractivity contribution in [3.63, 3.8) is 0 Å². The van der Waals surface area contributed by atoms with Crippen molar-refractivity contribution in [3.05, 3.63) is 30.3 Å². The van der Waals surface area contributed by atoms with Crippen LogP contribution in [0, 0.1) is 0 Å². The fraction of sp³-hybridized carbons (Fsp3) is 0.562. The summed E-state index contributed by atoms with van der Waals surface area (Å²) in [7, 11) is -0.593. The third kappa shape index (κ3) is 4.10. The number of carbonyl (C=O) groups excluding carboxylic acids is 1. The van der Waals surface area contributed by atoms with Gasteiger partial charge in [-0.2, -0.15) is 4.31 Å². The van der Waals surface area contributed by atoms with Crippen LogP contribution in [0.4, 0.5) is 5.69 Å². The van der Waals surface area contributed by atoms with Gasteiger partial charge < -0.3 is 9.64 Å². The maximum absolute atomic E-state index is 12.8. The molecule has 128 valence electrons. The normalized spacial score (nSPS) is 20.8. The largest absolute Gasteiger partial charge is 0.381 e. The second-order valence-corrected chi connectivity index (χ2v) is 7.90. The van der Waals surface area contributed by atoms with Crippen LogP contribution < -0.4 is 4.90 Å². The minimum absolute atomic E-state index is 0.130. The van der Waals surface area contributed by atoms with Crippen LogP contribution in [0.3, 0.4) is 0 Å². The topological polar surface area (TPSA) is 66.9 Å². The first-order chi connectivity index (χ1) is 10.9. The van der Waals surface area contributed by atoms with Crippen LogP contribution >= 0.6 is 0 Å². The Morgan fingerprint density at radius 3 is 2.61 bits per heavy atom. The highest BCUT2D eigenvalue weighted by atomic mass is 32.2. The number of hydrogen-bond donors (Lipinski definition) is 0. The standard InChI is InChI=1S/C16H24N2O4S/c1-13(22-3)12-23(20,21)17(2)15-10-7-11-18(16(15)19)14-8-5-4-6-9-14/h4-6,8-9,13,15H,7,10-12H2,1-3H3/t13-,15-/m1/s1. The Morgan fingerprint density at radius 2 is 2.00 bits per heavy atom.